The van der Waals surface area contributed by atoms with Crippen LogP contribution in [0.15, 0.2) is 90.3 Å². The average molecular weight is 448 g/mol. The summed E-state index contributed by atoms with van der Waals surface area (Å²) in [5, 5.41) is 6.66. The molecular weight excluding hydrogens is 431 g/mol. The molecule has 0 unspecified atom stereocenters. The highest BCUT2D eigenvalue weighted by Crippen LogP contribution is 2.40. The van der Waals surface area contributed by atoms with E-state index in [9.17, 15) is 14.0 Å². The number of aromatic amines is 2. The van der Waals surface area contributed by atoms with Crippen molar-refractivity contribution in [3.05, 3.63) is 108 Å². The summed E-state index contributed by atoms with van der Waals surface area (Å²) in [6, 6.07) is 21.0. The zero-order chi connectivity index (χ0) is 23.2. The zero-order valence-corrected chi connectivity index (χ0v) is 17.7. The van der Waals surface area contributed by atoms with Crippen LogP contribution in [0.5, 0.6) is 0 Å². The topological polar surface area (TPSA) is 81.3 Å². The van der Waals surface area contributed by atoms with Crippen LogP contribution in [0.4, 0.5) is 4.39 Å². The Kier molecular flexibility index (Phi) is 4.48. The smallest absolute Gasteiger partial charge is 0.283 e. The summed E-state index contributed by atoms with van der Waals surface area (Å²) in [5.74, 6) is -1.51. The van der Waals surface area contributed by atoms with E-state index in [-0.39, 0.29) is 11.1 Å². The van der Waals surface area contributed by atoms with Gasteiger partial charge in [-0.05, 0) is 29.8 Å². The lowest BCUT2D eigenvalue weighted by molar-refractivity contribution is -0.135. The molecule has 2 aromatic heterocycles. The number of hydrazone groups is 1. The molecule has 2 N–H and O–H groups in total. The lowest BCUT2D eigenvalue weighted by atomic mass is 9.95. The third kappa shape index (κ3) is 3.06. The molecule has 0 spiro atoms. The number of rotatable bonds is 4. The maximum atomic E-state index is 13.6. The largest absolute Gasteiger partial charge is 0.361 e. The van der Waals surface area contributed by atoms with E-state index < -0.39 is 17.6 Å². The van der Waals surface area contributed by atoms with Crippen molar-refractivity contribution >= 4 is 51.0 Å². The van der Waals surface area contributed by atoms with Crippen molar-refractivity contribution in [3.8, 4) is 0 Å². The van der Waals surface area contributed by atoms with Crippen molar-refractivity contribution in [1.82, 2.24) is 15.0 Å². The van der Waals surface area contributed by atoms with Gasteiger partial charge in [0.2, 0.25) is 0 Å². The van der Waals surface area contributed by atoms with E-state index in [0.717, 1.165) is 26.8 Å². The standard InChI is InChI=1S/C27H17FN4O2/c28-17-7-5-6-16(12-17)13-31-32-26(33)24(20-14-29-22-10-3-1-8-18(20)22)25(27(32)34)21-15-30-23-11-4-2-9-19(21)23/h1-15,29-30H/b31-13+. The first-order chi connectivity index (χ1) is 16.6. The summed E-state index contributed by atoms with van der Waals surface area (Å²) >= 11 is 0. The second kappa shape index (κ2) is 7.67. The van der Waals surface area contributed by atoms with E-state index in [2.05, 4.69) is 15.1 Å². The van der Waals surface area contributed by atoms with Gasteiger partial charge >= 0.3 is 0 Å². The van der Waals surface area contributed by atoms with Gasteiger partial charge in [-0.2, -0.15) is 10.1 Å². The SMILES string of the molecule is O=C1C(c2c[nH]c3ccccc23)=C(c2c[nH]c3ccccc23)C(=O)N1/N=C/c1cccc(F)c1. The first-order valence-corrected chi connectivity index (χ1v) is 10.7. The van der Waals surface area contributed by atoms with Gasteiger partial charge in [0.15, 0.2) is 0 Å². The number of carbonyl (C=O) groups is 2. The quantitative estimate of drug-likeness (QED) is 0.296. The van der Waals surface area contributed by atoms with Crippen LogP contribution in [0, 0.1) is 5.82 Å². The predicted octanol–water partition coefficient (Wildman–Crippen LogP) is 5.10. The monoisotopic (exact) mass is 448 g/mol. The van der Waals surface area contributed by atoms with Gasteiger partial charge in [-0.15, -0.1) is 0 Å². The Labute approximate surface area is 193 Å². The van der Waals surface area contributed by atoms with Crippen LogP contribution in [0.3, 0.4) is 0 Å². The zero-order valence-electron chi connectivity index (χ0n) is 17.7. The van der Waals surface area contributed by atoms with Gasteiger partial charge in [0.25, 0.3) is 11.8 Å². The molecule has 0 saturated heterocycles. The van der Waals surface area contributed by atoms with Crippen LogP contribution in [0.25, 0.3) is 33.0 Å². The van der Waals surface area contributed by atoms with Crippen molar-refractivity contribution in [3.63, 3.8) is 0 Å². The van der Waals surface area contributed by atoms with Gasteiger partial charge in [0.1, 0.15) is 5.82 Å². The van der Waals surface area contributed by atoms with Crippen LogP contribution >= 0.6 is 0 Å². The number of aromatic nitrogens is 2. The number of amides is 2. The Morgan fingerprint density at radius 1 is 0.735 bits per heavy atom. The van der Waals surface area contributed by atoms with Gasteiger partial charge in [0.05, 0.1) is 17.4 Å². The fraction of sp³-hybridized carbons (Fsp3) is 0. The summed E-state index contributed by atoms with van der Waals surface area (Å²) < 4.78 is 13.6. The molecule has 3 heterocycles. The normalized spacial score (nSPS) is 14.4. The molecule has 3 aromatic carbocycles. The highest BCUT2D eigenvalue weighted by Gasteiger charge is 2.41. The van der Waals surface area contributed by atoms with Gasteiger partial charge in [-0.25, -0.2) is 4.39 Å². The van der Waals surface area contributed by atoms with Gasteiger partial charge < -0.3 is 9.97 Å². The minimum atomic E-state index is -0.539. The summed E-state index contributed by atoms with van der Waals surface area (Å²) in [5.41, 5.74) is 3.92. The maximum absolute atomic E-state index is 13.6. The predicted molar refractivity (Wildman–Crippen MR) is 129 cm³/mol. The maximum Gasteiger partial charge on any atom is 0.283 e. The Bertz CT molecular complexity index is 1580. The van der Waals surface area contributed by atoms with E-state index in [0.29, 0.717) is 16.7 Å². The lowest BCUT2D eigenvalue weighted by Gasteiger charge is -2.07. The molecule has 1 aliphatic rings. The van der Waals surface area contributed by atoms with Crippen molar-refractivity contribution in [1.29, 1.82) is 0 Å². The van der Waals surface area contributed by atoms with Crippen molar-refractivity contribution in [2.75, 3.05) is 0 Å². The van der Waals surface area contributed by atoms with Crippen molar-refractivity contribution in [2.24, 2.45) is 5.10 Å². The van der Waals surface area contributed by atoms with E-state index in [4.69, 9.17) is 0 Å². The molecule has 0 aliphatic carbocycles. The highest BCUT2D eigenvalue weighted by molar-refractivity contribution is 6.50. The van der Waals surface area contributed by atoms with E-state index in [1.807, 2.05) is 48.5 Å². The molecule has 0 bridgehead atoms. The molecule has 2 amide bonds. The summed E-state index contributed by atoms with van der Waals surface area (Å²) in [6.07, 6.45) is 4.78. The number of benzene rings is 3. The van der Waals surface area contributed by atoms with Crippen LogP contribution in [-0.2, 0) is 9.59 Å². The fourth-order valence-corrected chi connectivity index (χ4v) is 4.39. The molecule has 6 rings (SSSR count). The molecule has 6 nitrogen and oxygen atoms in total. The summed E-state index contributed by atoms with van der Waals surface area (Å²) in [4.78, 5) is 33.6. The minimum Gasteiger partial charge on any atom is -0.361 e. The number of nitrogens with one attached hydrogen (secondary N) is 2. The van der Waals surface area contributed by atoms with E-state index in [1.54, 1.807) is 18.5 Å². The number of hydrogen-bond acceptors (Lipinski definition) is 3. The van der Waals surface area contributed by atoms with Crippen molar-refractivity contribution in [2.45, 2.75) is 0 Å². The van der Waals surface area contributed by atoms with Gasteiger partial charge in [-0.1, -0.05) is 48.5 Å². The average Bonchev–Trinajstić information content (AvgIpc) is 3.52. The second-order valence-corrected chi connectivity index (χ2v) is 7.97. The third-order valence-electron chi connectivity index (χ3n) is 5.95. The summed E-state index contributed by atoms with van der Waals surface area (Å²) in [7, 11) is 0. The first-order valence-electron chi connectivity index (χ1n) is 10.7. The number of H-pyrrole nitrogens is 2. The Balaban J connectivity index is 1.54. The van der Waals surface area contributed by atoms with Crippen molar-refractivity contribution < 1.29 is 14.0 Å². The fourth-order valence-electron chi connectivity index (χ4n) is 4.39. The number of hydrogen-bond donors (Lipinski definition) is 2. The molecule has 0 radical (unpaired) electrons. The van der Waals surface area contributed by atoms with Gasteiger partial charge in [0, 0.05) is 45.3 Å². The molecule has 7 heteroatoms. The highest BCUT2D eigenvalue weighted by atomic mass is 19.1. The van der Waals surface area contributed by atoms with E-state index in [1.165, 1.54) is 24.4 Å². The number of halogens is 1. The number of para-hydroxylation sites is 2. The Morgan fingerprint density at radius 3 is 1.85 bits per heavy atom. The molecule has 1 aliphatic heterocycles. The molecule has 34 heavy (non-hydrogen) atoms. The second-order valence-electron chi connectivity index (χ2n) is 7.97. The summed E-state index contributed by atoms with van der Waals surface area (Å²) in [6.45, 7) is 0. The number of carbonyl (C=O) groups excluding carboxylic acids is 2. The lowest BCUT2D eigenvalue weighted by Crippen LogP contribution is -2.26. The van der Waals surface area contributed by atoms with Gasteiger partial charge in [-0.3, -0.25) is 9.59 Å². The number of fused-ring (bicyclic) bond motifs is 2. The Hall–Kier alpha value is -4.78. The first kappa shape index (κ1) is 19.9. The molecular formula is C27H17FN4O2. The van der Waals surface area contributed by atoms with Crippen LogP contribution in [-0.4, -0.2) is 33.0 Å². The Morgan fingerprint density at radius 2 is 1.29 bits per heavy atom. The molecule has 164 valence electrons. The number of imide groups is 1. The molecule has 0 saturated carbocycles. The minimum absolute atomic E-state index is 0.267. The van der Waals surface area contributed by atoms with E-state index >= 15 is 0 Å². The van der Waals surface area contributed by atoms with Crippen LogP contribution in [0.2, 0.25) is 0 Å². The third-order valence-corrected chi connectivity index (χ3v) is 5.95. The molecule has 5 aromatic rings. The molecule has 0 fully saturated rings. The van der Waals surface area contributed by atoms with Crippen LogP contribution in [0.1, 0.15) is 16.7 Å². The molecule has 0 atom stereocenters. The number of nitrogens with zero attached hydrogens (tertiary/aromatic N) is 2. The van der Waals surface area contributed by atoms with Crippen LogP contribution < -0.4 is 0 Å².